The van der Waals surface area contributed by atoms with E-state index in [1.165, 1.54) is 13.1 Å². The van der Waals surface area contributed by atoms with Gasteiger partial charge in [-0.3, -0.25) is 14.5 Å². The third kappa shape index (κ3) is 4.18. The molecule has 40 heavy (non-hydrogen) atoms. The lowest BCUT2D eigenvalue weighted by Gasteiger charge is -2.43. The van der Waals surface area contributed by atoms with Crippen molar-refractivity contribution in [3.63, 3.8) is 0 Å². The van der Waals surface area contributed by atoms with E-state index in [-0.39, 0.29) is 44.3 Å². The number of hydrogen-bond acceptors (Lipinski definition) is 9. The highest BCUT2D eigenvalue weighted by molar-refractivity contribution is 8.04. The lowest BCUT2D eigenvalue weighted by atomic mass is 9.92. The number of benzene rings is 1. The summed E-state index contributed by atoms with van der Waals surface area (Å²) in [6, 6.07) is 0.930. The number of carboxylic acids is 1. The molecule has 2 aromatic rings. The zero-order valence-electron chi connectivity index (χ0n) is 21.3. The van der Waals surface area contributed by atoms with Crippen LogP contribution in [0.1, 0.15) is 42.6 Å². The van der Waals surface area contributed by atoms with Gasteiger partial charge in [0.05, 0.1) is 38.5 Å². The van der Waals surface area contributed by atoms with E-state index in [0.29, 0.717) is 25.0 Å². The third-order valence-corrected chi connectivity index (χ3v) is 9.49. The highest BCUT2D eigenvalue weighted by atomic mass is 35.5. The van der Waals surface area contributed by atoms with Crippen molar-refractivity contribution in [2.45, 2.75) is 49.7 Å². The fourth-order valence-electron chi connectivity index (χ4n) is 5.66. The summed E-state index contributed by atoms with van der Waals surface area (Å²) in [7, 11) is 0. The summed E-state index contributed by atoms with van der Waals surface area (Å²) in [5.41, 5.74) is 5.09. The molecule has 2 unspecified atom stereocenters. The number of halogens is 2. The second-order valence-corrected chi connectivity index (χ2v) is 12.1. The van der Waals surface area contributed by atoms with Gasteiger partial charge in [-0.15, -0.1) is 0 Å². The van der Waals surface area contributed by atoms with Crippen molar-refractivity contribution in [1.82, 2.24) is 9.47 Å². The number of anilines is 1. The van der Waals surface area contributed by atoms with E-state index in [0.717, 1.165) is 35.6 Å². The van der Waals surface area contributed by atoms with Crippen LogP contribution in [-0.2, 0) is 14.3 Å². The number of thioether (sulfide) groups is 1. The molecule has 14 heteroatoms. The quantitative estimate of drug-likeness (QED) is 0.321. The number of rotatable bonds is 7. The average molecular weight is 593 g/mol. The van der Waals surface area contributed by atoms with Crippen molar-refractivity contribution in [2.75, 3.05) is 24.6 Å². The Hall–Kier alpha value is -3.13. The van der Waals surface area contributed by atoms with Crippen molar-refractivity contribution in [3.05, 3.63) is 49.5 Å². The van der Waals surface area contributed by atoms with Gasteiger partial charge in [0.1, 0.15) is 29.1 Å². The van der Waals surface area contributed by atoms with Crippen molar-refractivity contribution in [1.29, 1.82) is 0 Å². The maximum atomic E-state index is 15.3. The minimum Gasteiger partial charge on any atom is -0.477 e. The normalized spacial score (nSPS) is 24.9. The Bertz CT molecular complexity index is 1570. The molecule has 6 rings (SSSR count). The van der Waals surface area contributed by atoms with Crippen LogP contribution in [0.15, 0.2) is 27.7 Å². The number of aromatic nitrogens is 1. The summed E-state index contributed by atoms with van der Waals surface area (Å²) >= 11 is 7.73. The molecule has 4 aliphatic rings. The molecular formula is C26H26ClFN4O7S. The second-order valence-electron chi connectivity index (χ2n) is 10.6. The third-order valence-electron chi connectivity index (χ3n) is 7.79. The number of β-lactam (4-membered cyclic amide) rings is 1. The minimum absolute atomic E-state index is 0.0372. The fraction of sp³-hybridized carbons (Fsp3) is 0.462. The van der Waals surface area contributed by atoms with Crippen molar-refractivity contribution < 1.29 is 33.7 Å². The van der Waals surface area contributed by atoms with Gasteiger partial charge in [0.2, 0.25) is 11.3 Å². The SMILES string of the molecule is C[C@@H](O)C1C(=O)N2C(C(=O)O)=C(COC(=O)c3cn(C4CC4)c4c(Cl)c(N5CCC(N)C5)c(F)cc4c3=O)S[C@H]12. The number of nitrogens with two attached hydrogens (primary N) is 1. The van der Waals surface area contributed by atoms with Crippen LogP contribution < -0.4 is 16.1 Å². The van der Waals surface area contributed by atoms with Crippen LogP contribution in [0, 0.1) is 11.7 Å². The first kappa shape index (κ1) is 27.1. The summed E-state index contributed by atoms with van der Waals surface area (Å²) in [6.07, 6.45) is 2.63. The zero-order valence-corrected chi connectivity index (χ0v) is 22.9. The van der Waals surface area contributed by atoms with E-state index >= 15 is 4.39 Å². The lowest BCUT2D eigenvalue weighted by molar-refractivity contribution is -0.156. The highest BCUT2D eigenvalue weighted by Gasteiger charge is 2.57. The van der Waals surface area contributed by atoms with Crippen LogP contribution in [-0.4, -0.2) is 74.7 Å². The Morgan fingerprint density at radius 1 is 1.30 bits per heavy atom. The molecule has 4 heterocycles. The lowest BCUT2D eigenvalue weighted by Crippen LogP contribution is -2.60. The number of aliphatic carboxylic acids is 1. The number of esters is 1. The number of carbonyl (C=O) groups is 3. The molecule has 0 radical (unpaired) electrons. The van der Waals surface area contributed by atoms with E-state index in [4.69, 9.17) is 22.1 Å². The molecule has 11 nitrogen and oxygen atoms in total. The molecule has 1 saturated carbocycles. The molecule has 1 aromatic heterocycles. The maximum Gasteiger partial charge on any atom is 0.353 e. The second kappa shape index (κ2) is 9.75. The van der Waals surface area contributed by atoms with Gasteiger partial charge in [-0.25, -0.2) is 14.0 Å². The van der Waals surface area contributed by atoms with E-state index < -0.39 is 53.1 Å². The van der Waals surface area contributed by atoms with Crippen LogP contribution >= 0.6 is 23.4 Å². The Balaban J connectivity index is 1.33. The topological polar surface area (TPSA) is 155 Å². The van der Waals surface area contributed by atoms with Gasteiger partial charge in [-0.05, 0) is 32.3 Å². The van der Waals surface area contributed by atoms with Gasteiger partial charge in [-0.2, -0.15) is 0 Å². The number of aliphatic hydroxyl groups is 1. The molecule has 4 N–H and O–H groups in total. The number of amides is 1. The number of ether oxygens (including phenoxy) is 1. The Labute approximate surface area is 236 Å². The fourth-order valence-corrected chi connectivity index (χ4v) is 7.59. The first-order chi connectivity index (χ1) is 19.0. The summed E-state index contributed by atoms with van der Waals surface area (Å²) in [5.74, 6) is -4.39. The van der Waals surface area contributed by atoms with Gasteiger partial charge in [0.15, 0.2) is 0 Å². The largest absolute Gasteiger partial charge is 0.477 e. The molecule has 4 atom stereocenters. The molecule has 1 aromatic carbocycles. The monoisotopic (exact) mass is 592 g/mol. The summed E-state index contributed by atoms with van der Waals surface area (Å²) in [6.45, 7) is 1.90. The first-order valence-corrected chi connectivity index (χ1v) is 14.1. The van der Waals surface area contributed by atoms with Crippen molar-refractivity contribution >= 4 is 57.8 Å². The molecule has 2 saturated heterocycles. The van der Waals surface area contributed by atoms with E-state index in [9.17, 15) is 29.4 Å². The van der Waals surface area contributed by atoms with Gasteiger partial charge >= 0.3 is 11.9 Å². The number of fused-ring (bicyclic) bond motifs is 2. The standard InChI is InChI=1S/C26H26ClFN4O7S/c1-10(33)17-23(35)32-21(25(36)37)16(40-24(17)32)9-39-26(38)14-8-31(12-2-3-12)19-13(22(14)34)6-15(28)20(18(19)27)30-5-4-11(29)7-30/h6,8,10-12,17,24,33H,2-5,7,9,29H2,1H3,(H,36,37)/t10-,11?,17?,24-/m1/s1. The molecule has 0 bridgehead atoms. The zero-order chi connectivity index (χ0) is 28.6. The molecule has 3 aliphatic heterocycles. The number of carboxylic acid groups (broad SMARTS) is 1. The Morgan fingerprint density at radius 3 is 2.62 bits per heavy atom. The van der Waals surface area contributed by atoms with E-state index in [1.807, 2.05) is 0 Å². The summed E-state index contributed by atoms with van der Waals surface area (Å²) in [4.78, 5) is 53.8. The average Bonchev–Trinajstić information content (AvgIpc) is 3.56. The van der Waals surface area contributed by atoms with Gasteiger partial charge < -0.3 is 30.2 Å². The predicted molar refractivity (Wildman–Crippen MR) is 145 cm³/mol. The molecular weight excluding hydrogens is 567 g/mol. The number of hydrogen-bond donors (Lipinski definition) is 3. The number of carbonyl (C=O) groups excluding carboxylic acids is 2. The molecule has 0 spiro atoms. The van der Waals surface area contributed by atoms with Gasteiger partial charge in [-0.1, -0.05) is 23.4 Å². The summed E-state index contributed by atoms with van der Waals surface area (Å²) < 4.78 is 22.4. The summed E-state index contributed by atoms with van der Waals surface area (Å²) in [5, 5.41) is 19.0. The maximum absolute atomic E-state index is 15.3. The van der Waals surface area contributed by atoms with E-state index in [2.05, 4.69) is 0 Å². The van der Waals surface area contributed by atoms with Gasteiger partial charge in [0, 0.05) is 31.4 Å². The predicted octanol–water partition coefficient (Wildman–Crippen LogP) is 2.03. The van der Waals surface area contributed by atoms with Crippen molar-refractivity contribution in [3.8, 4) is 0 Å². The molecule has 212 valence electrons. The van der Waals surface area contributed by atoms with Crippen molar-refractivity contribution in [2.24, 2.45) is 11.7 Å². The number of pyridine rings is 1. The van der Waals surface area contributed by atoms with Crippen LogP contribution in [0.5, 0.6) is 0 Å². The van der Waals surface area contributed by atoms with Crippen LogP contribution in [0.3, 0.4) is 0 Å². The highest BCUT2D eigenvalue weighted by Crippen LogP contribution is 2.50. The van der Waals surface area contributed by atoms with Crippen LogP contribution in [0.2, 0.25) is 5.02 Å². The Kier molecular flexibility index (Phi) is 6.60. The van der Waals surface area contributed by atoms with Crippen LogP contribution in [0.4, 0.5) is 10.1 Å². The van der Waals surface area contributed by atoms with Crippen LogP contribution in [0.25, 0.3) is 10.9 Å². The number of nitrogens with zero attached hydrogens (tertiary/aromatic N) is 3. The van der Waals surface area contributed by atoms with Gasteiger partial charge in [0.25, 0.3) is 0 Å². The first-order valence-electron chi connectivity index (χ1n) is 12.9. The van der Waals surface area contributed by atoms with E-state index in [1.54, 1.807) is 9.47 Å². The Morgan fingerprint density at radius 2 is 2.02 bits per heavy atom. The smallest absolute Gasteiger partial charge is 0.353 e. The minimum atomic E-state index is -1.37. The molecule has 1 aliphatic carbocycles. The number of aliphatic hydroxyl groups excluding tert-OH is 1. The molecule has 1 amide bonds. The molecule has 3 fully saturated rings.